The molecule has 1 rings (SSSR count). The van der Waals surface area contributed by atoms with E-state index in [1.54, 1.807) is 19.2 Å². The van der Waals surface area contributed by atoms with Crippen LogP contribution >= 0.6 is 0 Å². The van der Waals surface area contributed by atoms with E-state index in [0.717, 1.165) is 5.56 Å². The summed E-state index contributed by atoms with van der Waals surface area (Å²) in [6, 6.07) is 3.50. The van der Waals surface area contributed by atoms with E-state index in [0.29, 0.717) is 36.4 Å². The van der Waals surface area contributed by atoms with E-state index in [2.05, 4.69) is 5.32 Å². The summed E-state index contributed by atoms with van der Waals surface area (Å²) in [6.45, 7) is 1.86. The Labute approximate surface area is 124 Å². The number of benzene rings is 1. The molecule has 0 aromatic heterocycles. The molecule has 0 atom stereocenters. The van der Waals surface area contributed by atoms with Crippen molar-refractivity contribution in [3.63, 3.8) is 0 Å². The van der Waals surface area contributed by atoms with Gasteiger partial charge in [0.05, 0.1) is 14.2 Å². The van der Waals surface area contributed by atoms with Crippen LogP contribution in [0.2, 0.25) is 0 Å². The van der Waals surface area contributed by atoms with Crippen LogP contribution < -0.4 is 14.8 Å². The number of carboxylic acids is 1. The molecule has 0 bridgehead atoms. The molecule has 0 saturated carbocycles. The van der Waals surface area contributed by atoms with Crippen LogP contribution in [0.4, 0.5) is 5.69 Å². The lowest BCUT2D eigenvalue weighted by Gasteiger charge is -2.13. The predicted molar refractivity (Wildman–Crippen MR) is 79.0 cm³/mol. The van der Waals surface area contributed by atoms with Crippen molar-refractivity contribution in [1.82, 2.24) is 0 Å². The second-order valence-electron chi connectivity index (χ2n) is 4.67. The lowest BCUT2D eigenvalue weighted by atomic mass is 10.1. The van der Waals surface area contributed by atoms with Crippen LogP contribution in [0.25, 0.3) is 0 Å². The molecule has 116 valence electrons. The molecule has 2 N–H and O–H groups in total. The van der Waals surface area contributed by atoms with Gasteiger partial charge in [-0.25, -0.2) is 0 Å². The molecular weight excluding hydrogens is 274 g/mol. The first-order chi connectivity index (χ1) is 9.97. The number of amides is 1. The highest BCUT2D eigenvalue weighted by molar-refractivity contribution is 5.92. The van der Waals surface area contributed by atoms with Gasteiger partial charge >= 0.3 is 5.97 Å². The second-order valence-corrected chi connectivity index (χ2v) is 4.67. The molecule has 0 radical (unpaired) electrons. The van der Waals surface area contributed by atoms with Crippen molar-refractivity contribution < 1.29 is 24.2 Å². The summed E-state index contributed by atoms with van der Waals surface area (Å²) in [5, 5.41) is 11.3. The number of carbonyl (C=O) groups is 2. The monoisotopic (exact) mass is 295 g/mol. The third-order valence-corrected chi connectivity index (χ3v) is 3.05. The smallest absolute Gasteiger partial charge is 0.303 e. The van der Waals surface area contributed by atoms with Gasteiger partial charge in [0.2, 0.25) is 5.91 Å². The molecule has 1 aromatic rings. The number of methoxy groups -OCH3 is 2. The molecule has 0 aliphatic carbocycles. The van der Waals surface area contributed by atoms with Gasteiger partial charge < -0.3 is 19.9 Å². The van der Waals surface area contributed by atoms with Gasteiger partial charge in [-0.3, -0.25) is 9.59 Å². The first-order valence-electron chi connectivity index (χ1n) is 6.72. The largest absolute Gasteiger partial charge is 0.493 e. The summed E-state index contributed by atoms with van der Waals surface area (Å²) in [7, 11) is 3.09. The molecule has 1 aromatic carbocycles. The number of hydrogen-bond acceptors (Lipinski definition) is 4. The first-order valence-corrected chi connectivity index (χ1v) is 6.72. The van der Waals surface area contributed by atoms with Gasteiger partial charge in [0.15, 0.2) is 11.5 Å². The Hall–Kier alpha value is -2.24. The van der Waals surface area contributed by atoms with Gasteiger partial charge in [-0.05, 0) is 31.4 Å². The van der Waals surface area contributed by atoms with Crippen LogP contribution in [0, 0.1) is 6.92 Å². The van der Waals surface area contributed by atoms with Crippen LogP contribution in [0.5, 0.6) is 11.5 Å². The van der Waals surface area contributed by atoms with Gasteiger partial charge in [0, 0.05) is 24.6 Å². The van der Waals surface area contributed by atoms with Gasteiger partial charge in [0.1, 0.15) is 0 Å². The van der Waals surface area contributed by atoms with E-state index >= 15 is 0 Å². The maximum absolute atomic E-state index is 11.8. The maximum atomic E-state index is 11.8. The van der Waals surface area contributed by atoms with Gasteiger partial charge in [-0.15, -0.1) is 0 Å². The first kappa shape index (κ1) is 16.8. The van der Waals surface area contributed by atoms with Crippen molar-refractivity contribution in [1.29, 1.82) is 0 Å². The summed E-state index contributed by atoms with van der Waals surface area (Å²) < 4.78 is 10.4. The van der Waals surface area contributed by atoms with Crippen molar-refractivity contribution in [2.75, 3.05) is 19.5 Å². The summed E-state index contributed by atoms with van der Waals surface area (Å²) in [5.74, 6) is 0.167. The van der Waals surface area contributed by atoms with Gasteiger partial charge in [-0.1, -0.05) is 0 Å². The lowest BCUT2D eigenvalue weighted by Crippen LogP contribution is -2.12. The molecule has 6 heteroatoms. The molecule has 0 fully saturated rings. The van der Waals surface area contributed by atoms with Crippen LogP contribution in [-0.4, -0.2) is 31.2 Å². The van der Waals surface area contributed by atoms with Crippen molar-refractivity contribution in [2.45, 2.75) is 32.6 Å². The Bertz CT molecular complexity index is 513. The average Bonchev–Trinajstić information content (AvgIpc) is 2.45. The zero-order chi connectivity index (χ0) is 15.8. The standard InChI is InChI=1S/C15H21NO5/c1-10-8-12(20-2)13(21-3)9-11(10)16-14(17)6-4-5-7-15(18)19/h8-9H,4-7H2,1-3H3,(H,16,17)(H,18,19). The molecule has 0 spiro atoms. The van der Waals surface area contributed by atoms with E-state index in [1.165, 1.54) is 7.11 Å². The minimum Gasteiger partial charge on any atom is -0.493 e. The van der Waals surface area contributed by atoms with Gasteiger partial charge in [-0.2, -0.15) is 0 Å². The summed E-state index contributed by atoms with van der Waals surface area (Å²) in [5.41, 5.74) is 1.53. The zero-order valence-electron chi connectivity index (χ0n) is 12.6. The van der Waals surface area contributed by atoms with E-state index in [-0.39, 0.29) is 12.3 Å². The fourth-order valence-corrected chi connectivity index (χ4v) is 1.89. The highest BCUT2D eigenvalue weighted by Gasteiger charge is 2.11. The number of carboxylic acid groups (broad SMARTS) is 1. The normalized spacial score (nSPS) is 10.0. The van der Waals surface area contributed by atoms with Crippen molar-refractivity contribution in [3.05, 3.63) is 17.7 Å². The van der Waals surface area contributed by atoms with Crippen LogP contribution in [0.1, 0.15) is 31.2 Å². The Balaban J connectivity index is 2.61. The predicted octanol–water partition coefficient (Wildman–Crippen LogP) is 2.60. The number of anilines is 1. The average molecular weight is 295 g/mol. The lowest BCUT2D eigenvalue weighted by molar-refractivity contribution is -0.137. The highest BCUT2D eigenvalue weighted by atomic mass is 16.5. The number of unbranched alkanes of at least 4 members (excludes halogenated alkanes) is 1. The van der Waals surface area contributed by atoms with Gasteiger partial charge in [0.25, 0.3) is 0 Å². The molecule has 0 unspecified atom stereocenters. The number of ether oxygens (including phenoxy) is 2. The Morgan fingerprint density at radius 2 is 1.67 bits per heavy atom. The molecule has 0 aliphatic heterocycles. The minimum atomic E-state index is -0.842. The van der Waals surface area contributed by atoms with Crippen LogP contribution in [-0.2, 0) is 9.59 Å². The molecule has 6 nitrogen and oxygen atoms in total. The third kappa shape index (κ3) is 5.33. The summed E-state index contributed by atoms with van der Waals surface area (Å²) in [4.78, 5) is 22.2. The van der Waals surface area contributed by atoms with E-state index in [1.807, 2.05) is 6.92 Å². The number of carbonyl (C=O) groups excluding carboxylic acids is 1. The third-order valence-electron chi connectivity index (χ3n) is 3.05. The van der Waals surface area contributed by atoms with E-state index in [4.69, 9.17) is 14.6 Å². The summed E-state index contributed by atoms with van der Waals surface area (Å²) in [6.07, 6.45) is 1.42. The Morgan fingerprint density at radius 1 is 1.10 bits per heavy atom. The Morgan fingerprint density at radius 3 is 2.24 bits per heavy atom. The molecule has 0 heterocycles. The molecule has 1 amide bonds. The number of aryl methyl sites for hydroxylation is 1. The number of nitrogens with one attached hydrogen (secondary N) is 1. The van der Waals surface area contributed by atoms with E-state index in [9.17, 15) is 9.59 Å². The van der Waals surface area contributed by atoms with Crippen LogP contribution in [0.15, 0.2) is 12.1 Å². The fourth-order valence-electron chi connectivity index (χ4n) is 1.89. The number of hydrogen-bond donors (Lipinski definition) is 2. The minimum absolute atomic E-state index is 0.0860. The second kappa shape index (κ2) is 8.14. The van der Waals surface area contributed by atoms with Crippen molar-refractivity contribution >= 4 is 17.6 Å². The topological polar surface area (TPSA) is 84.9 Å². The SMILES string of the molecule is COc1cc(C)c(NC(=O)CCCCC(=O)O)cc1OC. The Kier molecular flexibility index (Phi) is 6.52. The molecule has 0 aliphatic rings. The maximum Gasteiger partial charge on any atom is 0.303 e. The molecular formula is C15H21NO5. The number of rotatable bonds is 8. The summed E-state index contributed by atoms with van der Waals surface area (Å²) >= 11 is 0. The van der Waals surface area contributed by atoms with E-state index < -0.39 is 5.97 Å². The quantitative estimate of drug-likeness (QED) is 0.720. The van der Waals surface area contributed by atoms with Crippen molar-refractivity contribution in [2.24, 2.45) is 0 Å². The molecule has 0 saturated heterocycles. The zero-order valence-corrected chi connectivity index (χ0v) is 12.6. The van der Waals surface area contributed by atoms with Crippen molar-refractivity contribution in [3.8, 4) is 11.5 Å². The highest BCUT2D eigenvalue weighted by Crippen LogP contribution is 2.32. The fraction of sp³-hybridized carbons (Fsp3) is 0.467. The van der Waals surface area contributed by atoms with Crippen LogP contribution in [0.3, 0.4) is 0 Å². The number of aliphatic carboxylic acids is 1. The molecule has 21 heavy (non-hydrogen) atoms.